The van der Waals surface area contributed by atoms with Crippen molar-refractivity contribution in [2.75, 3.05) is 5.73 Å². The maximum Gasteiger partial charge on any atom is 0.149 e. The Morgan fingerprint density at radius 3 is 2.09 bits per heavy atom. The number of nitrogen functional groups attached to an aromatic ring is 1. The van der Waals surface area contributed by atoms with Crippen LogP contribution in [0.5, 0.6) is 5.75 Å². The number of anilines is 1. The molecule has 0 spiro atoms. The van der Waals surface area contributed by atoms with Crippen LogP contribution >= 0.6 is 0 Å². The van der Waals surface area contributed by atoms with Gasteiger partial charge in [0.1, 0.15) is 17.4 Å². The van der Waals surface area contributed by atoms with E-state index in [2.05, 4.69) is 5.92 Å². The predicted octanol–water partition coefficient (Wildman–Crippen LogP) is 5.00. The lowest BCUT2D eigenvalue weighted by Crippen LogP contribution is -1.98. The van der Waals surface area contributed by atoms with Crippen molar-refractivity contribution in [3.63, 3.8) is 0 Å². The molecule has 0 radical (unpaired) electrons. The van der Waals surface area contributed by atoms with Crippen molar-refractivity contribution < 1.29 is 13.9 Å². The fourth-order valence-corrected chi connectivity index (χ4v) is 2.06. The summed E-state index contributed by atoms with van der Waals surface area (Å²) in [6, 6.07) is 2.15. The van der Waals surface area contributed by atoms with E-state index >= 15 is 0 Å². The number of hydrogen-bond donors (Lipinski definition) is 2. The van der Waals surface area contributed by atoms with Crippen molar-refractivity contribution in [2.45, 2.75) is 41.0 Å². The number of halogens is 2. The average Bonchev–Trinajstić information content (AvgIpc) is 2.54. The van der Waals surface area contributed by atoms with Gasteiger partial charge in [0, 0.05) is 11.5 Å². The van der Waals surface area contributed by atoms with Crippen LogP contribution < -0.4 is 5.73 Å². The van der Waals surface area contributed by atoms with Crippen molar-refractivity contribution in [1.82, 2.24) is 0 Å². The Bertz CT molecular complexity index is 688. The third-order valence-corrected chi connectivity index (χ3v) is 2.92. The number of aromatic hydroxyl groups is 1. The zero-order valence-corrected chi connectivity index (χ0v) is 13.7. The Morgan fingerprint density at radius 1 is 1.09 bits per heavy atom. The Balaban J connectivity index is 0.00000102. The summed E-state index contributed by atoms with van der Waals surface area (Å²) in [7, 11) is 0. The van der Waals surface area contributed by atoms with Crippen LogP contribution in [0.4, 0.5) is 14.5 Å². The van der Waals surface area contributed by atoms with Crippen molar-refractivity contribution in [2.24, 2.45) is 0 Å². The molecule has 2 aromatic carbocycles. The molecule has 0 unspecified atom stereocenters. The molecule has 22 heavy (non-hydrogen) atoms. The number of benzene rings is 2. The number of rotatable bonds is 1. The lowest BCUT2D eigenvalue weighted by molar-refractivity contribution is 0.480. The number of aryl methyl sites for hydroxylation is 1. The van der Waals surface area contributed by atoms with Gasteiger partial charge >= 0.3 is 0 Å². The molecule has 0 bridgehead atoms. The molecule has 0 saturated carbocycles. The van der Waals surface area contributed by atoms with Gasteiger partial charge in [-0.2, -0.15) is 0 Å². The number of nitrogens with two attached hydrogens (primary N) is 1. The highest BCUT2D eigenvalue weighted by atomic mass is 19.1. The minimum atomic E-state index is -0.874. The molecule has 0 amide bonds. The van der Waals surface area contributed by atoms with Gasteiger partial charge in [-0.15, -0.1) is 6.42 Å². The maximum atomic E-state index is 13.8. The lowest BCUT2D eigenvalue weighted by atomic mass is 9.95. The predicted molar refractivity (Wildman–Crippen MR) is 90.0 cm³/mol. The summed E-state index contributed by atoms with van der Waals surface area (Å²) in [5, 5.41) is 9.90. The van der Waals surface area contributed by atoms with Gasteiger partial charge in [-0.05, 0) is 18.1 Å². The van der Waals surface area contributed by atoms with Gasteiger partial charge < -0.3 is 10.8 Å². The fraction of sp³-hybridized carbons (Fsp3) is 0.333. The molecule has 3 N–H and O–H groups in total. The Labute approximate surface area is 131 Å². The molecule has 0 atom stereocenters. The van der Waals surface area contributed by atoms with Gasteiger partial charge in [0.15, 0.2) is 0 Å². The van der Waals surface area contributed by atoms with E-state index in [0.29, 0.717) is 18.1 Å². The first-order valence-electron chi connectivity index (χ1n) is 7.39. The monoisotopic (exact) mass is 307 g/mol. The Kier molecular flexibility index (Phi) is 7.96. The molecule has 0 aliphatic rings. The van der Waals surface area contributed by atoms with E-state index in [-0.39, 0.29) is 22.0 Å². The minimum absolute atomic E-state index is 0.0489. The van der Waals surface area contributed by atoms with Crippen LogP contribution in [0.3, 0.4) is 0 Å². The van der Waals surface area contributed by atoms with Crippen molar-refractivity contribution in [3.05, 3.63) is 34.9 Å². The van der Waals surface area contributed by atoms with E-state index in [1.54, 1.807) is 0 Å². The van der Waals surface area contributed by atoms with Gasteiger partial charge in [0.2, 0.25) is 0 Å². The quantitative estimate of drug-likeness (QED) is 0.442. The van der Waals surface area contributed by atoms with Crippen molar-refractivity contribution in [1.29, 1.82) is 0 Å². The molecular weight excluding hydrogens is 284 g/mol. The second-order valence-electron chi connectivity index (χ2n) is 3.94. The molecule has 0 aliphatic carbocycles. The summed E-state index contributed by atoms with van der Waals surface area (Å²) in [5.74, 6) is 0.0947. The smallest absolute Gasteiger partial charge is 0.149 e. The van der Waals surface area contributed by atoms with Crippen LogP contribution in [-0.2, 0) is 6.42 Å². The van der Waals surface area contributed by atoms with E-state index < -0.39 is 17.4 Å². The molecule has 2 nitrogen and oxygen atoms in total. The van der Waals surface area contributed by atoms with Gasteiger partial charge in [-0.1, -0.05) is 40.5 Å². The summed E-state index contributed by atoms with van der Waals surface area (Å²) in [6.07, 6.45) is 5.75. The molecule has 120 valence electrons. The van der Waals surface area contributed by atoms with Crippen LogP contribution in [0, 0.1) is 24.0 Å². The average molecular weight is 307 g/mol. The number of terminal acetylenes is 1. The zero-order valence-electron chi connectivity index (χ0n) is 13.7. The normalized spacial score (nSPS) is 9.18. The molecule has 0 aromatic heterocycles. The summed E-state index contributed by atoms with van der Waals surface area (Å²) in [4.78, 5) is 0. The van der Waals surface area contributed by atoms with Crippen LogP contribution in [0.2, 0.25) is 0 Å². The number of phenolic OH excluding ortho intramolecular Hbond substituents is 1. The van der Waals surface area contributed by atoms with E-state index in [9.17, 15) is 13.9 Å². The van der Waals surface area contributed by atoms with E-state index in [4.69, 9.17) is 12.2 Å². The van der Waals surface area contributed by atoms with Gasteiger partial charge in [0.25, 0.3) is 0 Å². The summed E-state index contributed by atoms with van der Waals surface area (Å²) in [5.41, 5.74) is 6.19. The van der Waals surface area contributed by atoms with Crippen LogP contribution in [0.25, 0.3) is 10.8 Å². The summed E-state index contributed by atoms with van der Waals surface area (Å²) >= 11 is 0. The van der Waals surface area contributed by atoms with Crippen LogP contribution in [-0.4, -0.2) is 5.11 Å². The standard InChI is InChI=1S/C14H11F2NO.2C2H6/c1-3-7-5-11(17)14(18)13-10(16)6-9(15)8(4-2)12(7)13;2*1-2/h2,5-6,18H,3,17H2,1H3;2*1-2H3. The number of fused-ring (bicyclic) bond motifs is 1. The molecule has 0 saturated heterocycles. The van der Waals surface area contributed by atoms with E-state index in [1.807, 2.05) is 34.6 Å². The molecule has 2 aromatic rings. The Hall–Kier alpha value is -2.28. The topological polar surface area (TPSA) is 46.2 Å². The van der Waals surface area contributed by atoms with Gasteiger partial charge in [-0.25, -0.2) is 8.78 Å². The highest BCUT2D eigenvalue weighted by molar-refractivity contribution is 5.99. The second kappa shape index (κ2) is 8.89. The lowest BCUT2D eigenvalue weighted by Gasteiger charge is -2.12. The minimum Gasteiger partial charge on any atom is -0.505 e. The number of hydrogen-bond acceptors (Lipinski definition) is 2. The van der Waals surface area contributed by atoms with Crippen LogP contribution in [0.15, 0.2) is 12.1 Å². The highest BCUT2D eigenvalue weighted by Crippen LogP contribution is 2.38. The molecular formula is C18H23F2NO. The van der Waals surface area contributed by atoms with Crippen molar-refractivity contribution in [3.8, 4) is 18.1 Å². The van der Waals surface area contributed by atoms with Crippen molar-refractivity contribution >= 4 is 16.5 Å². The Morgan fingerprint density at radius 2 is 1.64 bits per heavy atom. The highest BCUT2D eigenvalue weighted by Gasteiger charge is 2.18. The van der Waals surface area contributed by atoms with Gasteiger partial charge in [-0.3, -0.25) is 0 Å². The zero-order chi connectivity index (χ0) is 17.4. The molecule has 0 aliphatic heterocycles. The summed E-state index contributed by atoms with van der Waals surface area (Å²) < 4.78 is 27.4. The first kappa shape index (κ1) is 19.7. The summed E-state index contributed by atoms with van der Waals surface area (Å²) in [6.45, 7) is 9.81. The SMILES string of the molecule is C#Cc1c(F)cc(F)c2c(O)c(N)cc(CC)c12.CC.CC. The van der Waals surface area contributed by atoms with E-state index in [1.165, 1.54) is 6.07 Å². The largest absolute Gasteiger partial charge is 0.505 e. The third-order valence-electron chi connectivity index (χ3n) is 2.92. The maximum absolute atomic E-state index is 13.8. The van der Waals surface area contributed by atoms with E-state index in [0.717, 1.165) is 0 Å². The first-order chi connectivity index (χ1) is 10.5. The third kappa shape index (κ3) is 3.48. The molecule has 4 heteroatoms. The first-order valence-corrected chi connectivity index (χ1v) is 7.39. The molecule has 2 rings (SSSR count). The second-order valence-corrected chi connectivity index (χ2v) is 3.94. The van der Waals surface area contributed by atoms with Gasteiger partial charge in [0.05, 0.1) is 16.6 Å². The van der Waals surface area contributed by atoms with Crippen LogP contribution in [0.1, 0.15) is 45.7 Å². The molecule has 0 fully saturated rings. The number of phenols is 1. The molecule has 0 heterocycles. The fourth-order valence-electron chi connectivity index (χ4n) is 2.06.